The van der Waals surface area contributed by atoms with E-state index in [1.807, 2.05) is 0 Å². The number of para-hydroxylation sites is 4. The quantitative estimate of drug-likeness (QED) is 0.159. The zero-order chi connectivity index (χ0) is 54.6. The molecule has 3 heteroatoms. The highest BCUT2D eigenvalue weighted by Gasteiger charge is 2.52. The largest absolute Gasteiger partial charge is 0.457 e. The van der Waals surface area contributed by atoms with Gasteiger partial charge in [-0.25, -0.2) is 0 Å². The first-order valence-electron chi connectivity index (χ1n) is 28.6. The minimum atomic E-state index is -0.571. The van der Waals surface area contributed by atoms with Gasteiger partial charge in [-0.3, -0.25) is 0 Å². The molecule has 0 fully saturated rings. The lowest BCUT2D eigenvalue weighted by molar-refractivity contribution is 0.436. The van der Waals surface area contributed by atoms with Crippen LogP contribution in [0, 0.1) is 0 Å². The van der Waals surface area contributed by atoms with Crippen LogP contribution >= 0.6 is 0 Å². The summed E-state index contributed by atoms with van der Waals surface area (Å²) in [6, 6.07) is 113. The maximum absolute atomic E-state index is 6.70. The number of ether oxygens (including phenoxy) is 2. The minimum absolute atomic E-state index is 0.571. The van der Waals surface area contributed by atoms with E-state index >= 15 is 0 Å². The van der Waals surface area contributed by atoms with Crippen LogP contribution < -0.4 is 14.4 Å². The molecule has 2 aliphatic heterocycles. The topological polar surface area (TPSA) is 21.7 Å². The molecule has 2 spiro atoms. The fourth-order valence-electron chi connectivity index (χ4n) is 14.5. The summed E-state index contributed by atoms with van der Waals surface area (Å²) in [5.74, 6) is 3.55. The molecule has 0 bridgehead atoms. The van der Waals surface area contributed by atoms with Gasteiger partial charge in [0.25, 0.3) is 0 Å². The molecule has 0 atom stereocenters. The van der Waals surface area contributed by atoms with E-state index in [1.165, 1.54) is 61.2 Å². The maximum atomic E-state index is 6.70. The van der Waals surface area contributed by atoms with Crippen molar-refractivity contribution in [1.29, 1.82) is 0 Å². The van der Waals surface area contributed by atoms with Crippen LogP contribution in [0.15, 0.2) is 309 Å². The summed E-state index contributed by atoms with van der Waals surface area (Å²) < 4.78 is 13.4. The predicted octanol–water partition coefficient (Wildman–Crippen LogP) is 20.8. The highest BCUT2D eigenvalue weighted by molar-refractivity contribution is 5.93. The number of hydrogen-bond donors (Lipinski definition) is 0. The van der Waals surface area contributed by atoms with Crippen molar-refractivity contribution in [3.8, 4) is 89.8 Å². The SMILES string of the molecule is c1ccc(-c2ccc(-c3ccc(N(c4cccc(-c5ccc6c(c5)C5(c7ccccc7Oc7ccccc75)c5ccccc5-6)c4)c4cccc(-c5ccc6c(c5)C5(c7ccccc7Oc7ccccc75)c5ccccc5-6)c4)cc3)cc2)cc1. The smallest absolute Gasteiger partial charge is 0.132 e. The number of hydrogen-bond acceptors (Lipinski definition) is 3. The molecule has 388 valence electrons. The molecular weight excluding hydrogens is 1010 g/mol. The Bertz CT molecular complexity index is 4420. The molecule has 0 N–H and O–H groups in total. The molecule has 0 amide bonds. The van der Waals surface area contributed by atoms with E-state index in [-0.39, 0.29) is 0 Å². The average molecular weight is 1060 g/mol. The second kappa shape index (κ2) is 18.4. The lowest BCUT2D eigenvalue weighted by Crippen LogP contribution is -2.32. The number of fused-ring (bicyclic) bond motifs is 18. The highest BCUT2D eigenvalue weighted by atomic mass is 16.5. The Morgan fingerprint density at radius 2 is 0.494 bits per heavy atom. The van der Waals surface area contributed by atoms with E-state index < -0.39 is 10.8 Å². The van der Waals surface area contributed by atoms with Crippen LogP contribution in [-0.2, 0) is 10.8 Å². The molecule has 2 heterocycles. The molecule has 17 rings (SSSR count). The minimum Gasteiger partial charge on any atom is -0.457 e. The van der Waals surface area contributed by atoms with Gasteiger partial charge in [0.05, 0.1) is 10.8 Å². The predicted molar refractivity (Wildman–Crippen MR) is 338 cm³/mol. The molecule has 83 heavy (non-hydrogen) atoms. The van der Waals surface area contributed by atoms with Gasteiger partial charge in [-0.2, -0.15) is 0 Å². The normalized spacial score (nSPS) is 13.7. The number of nitrogens with zero attached hydrogens (tertiary/aromatic N) is 1. The first-order valence-corrected chi connectivity index (χ1v) is 28.6. The molecule has 13 aromatic rings. The zero-order valence-corrected chi connectivity index (χ0v) is 45.2. The summed E-state index contributed by atoms with van der Waals surface area (Å²) in [5, 5.41) is 0. The second-order valence-corrected chi connectivity index (χ2v) is 22.2. The van der Waals surface area contributed by atoms with Crippen LogP contribution in [0.1, 0.15) is 44.5 Å². The molecule has 0 unspecified atom stereocenters. The van der Waals surface area contributed by atoms with Gasteiger partial charge in [-0.05, 0) is 162 Å². The molecule has 3 nitrogen and oxygen atoms in total. The monoisotopic (exact) mass is 1060 g/mol. The second-order valence-electron chi connectivity index (χ2n) is 22.2. The number of benzene rings is 13. The summed E-state index contributed by atoms with van der Waals surface area (Å²) in [5.41, 5.74) is 26.0. The average Bonchev–Trinajstić information content (AvgIpc) is 2.49. The summed E-state index contributed by atoms with van der Waals surface area (Å²) in [6.45, 7) is 0. The van der Waals surface area contributed by atoms with Crippen LogP contribution in [0.2, 0.25) is 0 Å². The Morgan fingerprint density at radius 1 is 0.193 bits per heavy atom. The first kappa shape index (κ1) is 47.1. The molecule has 0 radical (unpaired) electrons. The Morgan fingerprint density at radius 3 is 0.916 bits per heavy atom. The van der Waals surface area contributed by atoms with Crippen LogP contribution in [0.4, 0.5) is 17.1 Å². The van der Waals surface area contributed by atoms with Crippen LogP contribution in [0.25, 0.3) is 66.8 Å². The molecule has 2 aliphatic carbocycles. The van der Waals surface area contributed by atoms with Crippen molar-refractivity contribution in [1.82, 2.24) is 0 Å². The van der Waals surface area contributed by atoms with Gasteiger partial charge in [0.1, 0.15) is 23.0 Å². The van der Waals surface area contributed by atoms with E-state index in [0.29, 0.717) is 0 Å². The van der Waals surface area contributed by atoms with Crippen molar-refractivity contribution in [2.75, 3.05) is 4.90 Å². The van der Waals surface area contributed by atoms with Gasteiger partial charge in [0.2, 0.25) is 0 Å². The summed E-state index contributed by atoms with van der Waals surface area (Å²) in [7, 11) is 0. The lowest BCUT2D eigenvalue weighted by Gasteiger charge is -2.39. The Kier molecular flexibility index (Phi) is 10.4. The van der Waals surface area contributed by atoms with Crippen molar-refractivity contribution in [3.05, 3.63) is 354 Å². The van der Waals surface area contributed by atoms with Crippen molar-refractivity contribution in [3.63, 3.8) is 0 Å². The zero-order valence-electron chi connectivity index (χ0n) is 45.2. The lowest BCUT2D eigenvalue weighted by atomic mass is 9.66. The van der Waals surface area contributed by atoms with Gasteiger partial charge in [-0.1, -0.05) is 237 Å². The molecule has 0 aromatic heterocycles. The van der Waals surface area contributed by atoms with E-state index in [4.69, 9.17) is 9.47 Å². The van der Waals surface area contributed by atoms with Gasteiger partial charge in [0.15, 0.2) is 0 Å². The van der Waals surface area contributed by atoms with Gasteiger partial charge in [0, 0.05) is 39.3 Å². The van der Waals surface area contributed by atoms with Crippen molar-refractivity contribution in [2.45, 2.75) is 10.8 Å². The molecule has 0 saturated heterocycles. The highest BCUT2D eigenvalue weighted by Crippen LogP contribution is 2.64. The molecule has 4 aliphatic rings. The Balaban J connectivity index is 0.812. The third-order valence-corrected chi connectivity index (χ3v) is 18.0. The van der Waals surface area contributed by atoms with Crippen molar-refractivity contribution >= 4 is 17.1 Å². The molecule has 13 aromatic carbocycles. The van der Waals surface area contributed by atoms with E-state index in [9.17, 15) is 0 Å². The molecular formula is C80H51NO2. The van der Waals surface area contributed by atoms with Crippen LogP contribution in [0.3, 0.4) is 0 Å². The standard InChI is InChI=1S/C80H51NO2/c1-2-18-52(19-3-1)53-36-38-54(39-37-53)55-40-44-60(45-41-55)81(61-22-16-20-56(48-61)58-42-46-65-63-24-4-6-26-67(63)79(73(65)50-58)69-28-8-12-32-75(69)82-76-33-13-9-29-70(76)79)62-23-17-21-57(49-62)59-43-47-66-64-25-5-7-27-68(64)80(74(66)51-59)71-30-10-14-34-77(71)83-78-35-15-11-31-72(78)80/h1-51H. The van der Waals surface area contributed by atoms with Crippen molar-refractivity contribution in [2.24, 2.45) is 0 Å². The van der Waals surface area contributed by atoms with E-state index in [0.717, 1.165) is 90.1 Å². The van der Waals surface area contributed by atoms with Crippen LogP contribution in [0.5, 0.6) is 23.0 Å². The Hall–Kier alpha value is -10.7. The molecule has 0 saturated carbocycles. The number of anilines is 3. The van der Waals surface area contributed by atoms with Gasteiger partial charge < -0.3 is 14.4 Å². The van der Waals surface area contributed by atoms with Gasteiger partial charge >= 0.3 is 0 Å². The number of rotatable bonds is 7. The summed E-state index contributed by atoms with van der Waals surface area (Å²) >= 11 is 0. The fraction of sp³-hybridized carbons (Fsp3) is 0.0250. The Labute approximate surface area is 483 Å². The van der Waals surface area contributed by atoms with E-state index in [2.05, 4.69) is 314 Å². The van der Waals surface area contributed by atoms with E-state index in [1.54, 1.807) is 0 Å². The van der Waals surface area contributed by atoms with Gasteiger partial charge in [-0.15, -0.1) is 0 Å². The fourth-order valence-corrected chi connectivity index (χ4v) is 14.5. The summed E-state index contributed by atoms with van der Waals surface area (Å²) in [4.78, 5) is 2.42. The maximum Gasteiger partial charge on any atom is 0.132 e. The third kappa shape index (κ3) is 6.98. The first-order chi connectivity index (χ1) is 41.1. The van der Waals surface area contributed by atoms with Crippen LogP contribution in [-0.4, -0.2) is 0 Å². The third-order valence-electron chi connectivity index (χ3n) is 18.0. The van der Waals surface area contributed by atoms with Crippen molar-refractivity contribution < 1.29 is 9.47 Å². The summed E-state index contributed by atoms with van der Waals surface area (Å²) in [6.07, 6.45) is 0.